The van der Waals surface area contributed by atoms with Gasteiger partial charge in [0.15, 0.2) is 0 Å². The zero-order valence-corrected chi connectivity index (χ0v) is 14.3. The van der Waals surface area contributed by atoms with Gasteiger partial charge in [0.2, 0.25) is 5.95 Å². The zero-order valence-electron chi connectivity index (χ0n) is 12.7. The van der Waals surface area contributed by atoms with Gasteiger partial charge in [-0.1, -0.05) is 0 Å². The van der Waals surface area contributed by atoms with E-state index in [4.69, 9.17) is 0 Å². The molecule has 5 nitrogen and oxygen atoms in total. The molecule has 0 spiro atoms. The molecule has 0 radical (unpaired) electrons. The average molecular weight is 316 g/mol. The monoisotopic (exact) mass is 316 g/mol. The molecule has 1 N–H and O–H groups in total. The lowest BCUT2D eigenvalue weighted by atomic mass is 10.1. The van der Waals surface area contributed by atoms with Gasteiger partial charge in [-0.05, 0) is 58.5 Å². The van der Waals surface area contributed by atoms with Crippen molar-refractivity contribution in [3.63, 3.8) is 0 Å². The molecular weight excluding hydrogens is 292 g/mol. The number of anilines is 1. The van der Waals surface area contributed by atoms with Gasteiger partial charge < -0.3 is 4.90 Å². The van der Waals surface area contributed by atoms with Crippen LogP contribution in [-0.4, -0.2) is 31.4 Å². The maximum atomic E-state index is 12.1. The number of nitrogens with one attached hydrogen (secondary N) is 1. The lowest BCUT2D eigenvalue weighted by molar-refractivity contribution is 0.568. The largest absolute Gasteiger partial charge is 0.340 e. The number of hydrogen-bond acceptors (Lipinski definition) is 5. The molecule has 0 aliphatic carbocycles. The predicted molar refractivity (Wildman–Crippen MR) is 85.4 cm³/mol. The summed E-state index contributed by atoms with van der Waals surface area (Å²) in [5.74, 6) is 0.833. The second-order valence-electron chi connectivity index (χ2n) is 6.20. The van der Waals surface area contributed by atoms with Gasteiger partial charge in [-0.3, -0.25) is 0 Å². The summed E-state index contributed by atoms with van der Waals surface area (Å²) < 4.78 is 19.4. The van der Waals surface area contributed by atoms with Crippen LogP contribution < -0.4 is 9.62 Å². The molecular formula is C13H24N4OS2. The first-order chi connectivity index (χ1) is 9.38. The van der Waals surface area contributed by atoms with Crippen molar-refractivity contribution >= 4 is 28.5 Å². The van der Waals surface area contributed by atoms with E-state index in [2.05, 4.69) is 19.0 Å². The quantitative estimate of drug-likeness (QED) is 0.928. The van der Waals surface area contributed by atoms with Crippen LogP contribution in [0.1, 0.15) is 58.0 Å². The van der Waals surface area contributed by atoms with E-state index in [-0.39, 0.29) is 10.8 Å². The maximum absolute atomic E-state index is 12.1. The van der Waals surface area contributed by atoms with E-state index >= 15 is 0 Å². The lowest BCUT2D eigenvalue weighted by Gasteiger charge is -2.25. The van der Waals surface area contributed by atoms with Crippen molar-refractivity contribution in [2.24, 2.45) is 0 Å². The minimum absolute atomic E-state index is 0.0360. The Bertz CT molecular complexity index is 463. The van der Waals surface area contributed by atoms with E-state index in [0.717, 1.165) is 24.0 Å². The summed E-state index contributed by atoms with van der Waals surface area (Å²) in [5, 5.41) is 0.906. The van der Waals surface area contributed by atoms with Crippen LogP contribution in [0.3, 0.4) is 0 Å². The molecule has 0 bridgehead atoms. The highest BCUT2D eigenvalue weighted by Gasteiger charge is 2.24. The highest BCUT2D eigenvalue weighted by molar-refractivity contribution is 7.84. The van der Waals surface area contributed by atoms with Gasteiger partial charge in [-0.25, -0.2) is 13.9 Å². The molecule has 1 aliphatic heterocycles. The van der Waals surface area contributed by atoms with Gasteiger partial charge in [-0.2, -0.15) is 4.37 Å². The zero-order chi connectivity index (χ0) is 14.8. The Morgan fingerprint density at radius 1 is 1.30 bits per heavy atom. The van der Waals surface area contributed by atoms with Gasteiger partial charge in [0.25, 0.3) is 0 Å². The third kappa shape index (κ3) is 3.99. The van der Waals surface area contributed by atoms with Crippen LogP contribution in [0.25, 0.3) is 0 Å². The summed E-state index contributed by atoms with van der Waals surface area (Å²) in [6, 6.07) is -0.0360. The van der Waals surface area contributed by atoms with Crippen molar-refractivity contribution in [3.8, 4) is 0 Å². The Labute approximate surface area is 127 Å². The van der Waals surface area contributed by atoms with E-state index in [1.807, 2.05) is 27.7 Å². The van der Waals surface area contributed by atoms with Crippen molar-refractivity contribution in [1.82, 2.24) is 14.1 Å². The third-order valence-corrected chi connectivity index (χ3v) is 5.85. The highest BCUT2D eigenvalue weighted by Crippen LogP contribution is 2.23. The molecule has 0 amide bonds. The normalized spacial score (nSPS) is 19.9. The molecule has 1 aromatic heterocycles. The van der Waals surface area contributed by atoms with E-state index in [1.54, 1.807) is 0 Å². The fourth-order valence-corrected chi connectivity index (χ4v) is 3.54. The van der Waals surface area contributed by atoms with Crippen molar-refractivity contribution in [1.29, 1.82) is 0 Å². The minimum Gasteiger partial charge on any atom is -0.340 e. The van der Waals surface area contributed by atoms with Gasteiger partial charge in [0.05, 0.1) is 21.8 Å². The van der Waals surface area contributed by atoms with E-state index in [1.165, 1.54) is 30.8 Å². The van der Waals surface area contributed by atoms with Crippen LogP contribution >= 0.6 is 11.5 Å². The van der Waals surface area contributed by atoms with Crippen LogP contribution in [0.4, 0.5) is 5.95 Å². The molecule has 1 aromatic rings. The molecule has 114 valence electrons. The van der Waals surface area contributed by atoms with Gasteiger partial charge in [0.1, 0.15) is 5.01 Å². The molecule has 1 aliphatic rings. The second kappa shape index (κ2) is 6.49. The highest BCUT2D eigenvalue weighted by atomic mass is 32.2. The number of nitrogens with zero attached hydrogens (tertiary/aromatic N) is 3. The molecule has 0 saturated carbocycles. The first-order valence-electron chi connectivity index (χ1n) is 7.14. The van der Waals surface area contributed by atoms with Crippen LogP contribution in [0.2, 0.25) is 0 Å². The Morgan fingerprint density at radius 3 is 2.55 bits per heavy atom. The number of piperidine rings is 1. The Hall–Kier alpha value is -0.530. The minimum atomic E-state index is -1.09. The SMILES string of the molecule is CC(N[S@@](=O)C(C)(C)C)c1nc(N2CCCCC2)ns1. The van der Waals surface area contributed by atoms with Crippen molar-refractivity contribution < 1.29 is 4.21 Å². The molecule has 2 rings (SSSR count). The fraction of sp³-hybridized carbons (Fsp3) is 0.846. The topological polar surface area (TPSA) is 58.1 Å². The van der Waals surface area contributed by atoms with Gasteiger partial charge in [-0.15, -0.1) is 0 Å². The summed E-state index contributed by atoms with van der Waals surface area (Å²) in [7, 11) is -1.09. The third-order valence-electron chi connectivity index (χ3n) is 3.28. The van der Waals surface area contributed by atoms with Crippen molar-refractivity contribution in [2.45, 2.75) is 57.7 Å². The number of aromatic nitrogens is 2. The van der Waals surface area contributed by atoms with E-state index in [0.29, 0.717) is 0 Å². The summed E-state index contributed by atoms with van der Waals surface area (Å²) in [6.07, 6.45) is 3.74. The Balaban J connectivity index is 1.99. The van der Waals surface area contributed by atoms with E-state index in [9.17, 15) is 4.21 Å². The molecule has 2 atom stereocenters. The molecule has 2 heterocycles. The van der Waals surface area contributed by atoms with Crippen LogP contribution in [0.15, 0.2) is 0 Å². The average Bonchev–Trinajstić information content (AvgIpc) is 2.88. The smallest absolute Gasteiger partial charge is 0.237 e. The van der Waals surface area contributed by atoms with Crippen LogP contribution in [0.5, 0.6) is 0 Å². The van der Waals surface area contributed by atoms with Crippen molar-refractivity contribution in [3.05, 3.63) is 5.01 Å². The summed E-state index contributed by atoms with van der Waals surface area (Å²) in [4.78, 5) is 6.85. The van der Waals surface area contributed by atoms with Crippen molar-refractivity contribution in [2.75, 3.05) is 18.0 Å². The number of rotatable bonds is 4. The molecule has 7 heteroatoms. The standard InChI is InChI=1S/C13H24N4OS2/c1-10(16-20(18)13(2,3)4)11-14-12(15-19-11)17-8-6-5-7-9-17/h10,16H,5-9H2,1-4H3/t10?,20-/m0/s1. The van der Waals surface area contributed by atoms with E-state index < -0.39 is 11.0 Å². The summed E-state index contributed by atoms with van der Waals surface area (Å²) >= 11 is 1.40. The number of hydrogen-bond donors (Lipinski definition) is 1. The molecule has 1 fully saturated rings. The molecule has 20 heavy (non-hydrogen) atoms. The second-order valence-corrected chi connectivity index (χ2v) is 8.98. The van der Waals surface area contributed by atoms with Gasteiger partial charge in [0, 0.05) is 13.1 Å². The molecule has 1 saturated heterocycles. The van der Waals surface area contributed by atoms with Crippen LogP contribution in [-0.2, 0) is 11.0 Å². The maximum Gasteiger partial charge on any atom is 0.237 e. The fourth-order valence-electron chi connectivity index (χ4n) is 2.01. The Kier molecular flexibility index (Phi) is 5.14. The first kappa shape index (κ1) is 15.9. The van der Waals surface area contributed by atoms with Gasteiger partial charge >= 0.3 is 0 Å². The molecule has 1 unspecified atom stereocenters. The summed E-state index contributed by atoms with van der Waals surface area (Å²) in [6.45, 7) is 9.97. The molecule has 0 aromatic carbocycles. The lowest BCUT2D eigenvalue weighted by Crippen LogP contribution is -2.35. The first-order valence-corrected chi connectivity index (χ1v) is 9.07. The summed E-state index contributed by atoms with van der Waals surface area (Å²) in [5.41, 5.74) is 0. The predicted octanol–water partition coefficient (Wildman–Crippen LogP) is 2.64. The Morgan fingerprint density at radius 2 is 1.95 bits per heavy atom. The van der Waals surface area contributed by atoms with Crippen LogP contribution in [0, 0.1) is 0 Å².